The van der Waals surface area contributed by atoms with E-state index in [0.29, 0.717) is 18.3 Å². The molecule has 1 heterocycles. The highest BCUT2D eigenvalue weighted by molar-refractivity contribution is 6.06. The molecule has 0 spiro atoms. The minimum Gasteiger partial charge on any atom is -0.352 e. The molecule has 2 aliphatic rings. The molecule has 0 aromatic heterocycles. The second kappa shape index (κ2) is 7.11. The summed E-state index contributed by atoms with van der Waals surface area (Å²) in [6.45, 7) is 5.96. The van der Waals surface area contributed by atoms with Crippen LogP contribution in [0.4, 0.5) is 4.79 Å². The average Bonchev–Trinajstić information content (AvgIpc) is 2.68. The quantitative estimate of drug-likeness (QED) is 0.758. The summed E-state index contributed by atoms with van der Waals surface area (Å²) in [7, 11) is 0. The molecular formula is C16H27N3O3. The minimum atomic E-state index is -0.492. The Kier molecular flexibility index (Phi) is 5.42. The van der Waals surface area contributed by atoms with Gasteiger partial charge in [-0.05, 0) is 31.1 Å². The van der Waals surface area contributed by atoms with Crippen LogP contribution in [0.1, 0.15) is 52.9 Å². The van der Waals surface area contributed by atoms with Crippen molar-refractivity contribution in [3.63, 3.8) is 0 Å². The highest BCUT2D eigenvalue weighted by Gasteiger charge is 2.39. The van der Waals surface area contributed by atoms with Crippen molar-refractivity contribution in [2.24, 2.45) is 11.8 Å². The largest absolute Gasteiger partial charge is 0.352 e. The Morgan fingerprint density at radius 1 is 1.32 bits per heavy atom. The predicted octanol–water partition coefficient (Wildman–Crippen LogP) is 1.65. The number of nitrogens with one attached hydrogen (secondary N) is 2. The normalized spacial score (nSPS) is 28.9. The maximum Gasteiger partial charge on any atom is 0.325 e. The number of urea groups is 1. The van der Waals surface area contributed by atoms with Crippen molar-refractivity contribution in [1.29, 1.82) is 0 Å². The van der Waals surface area contributed by atoms with Gasteiger partial charge in [0.1, 0.15) is 12.6 Å². The number of imide groups is 1. The van der Waals surface area contributed by atoms with Gasteiger partial charge in [0.25, 0.3) is 5.91 Å². The highest BCUT2D eigenvalue weighted by Crippen LogP contribution is 2.23. The minimum absolute atomic E-state index is 0.161. The van der Waals surface area contributed by atoms with Crippen LogP contribution in [0, 0.1) is 11.8 Å². The fraction of sp³-hybridized carbons (Fsp3) is 0.812. The molecule has 22 heavy (non-hydrogen) atoms. The van der Waals surface area contributed by atoms with Crippen LogP contribution in [0.25, 0.3) is 0 Å². The van der Waals surface area contributed by atoms with Crippen molar-refractivity contribution in [3.05, 3.63) is 0 Å². The molecule has 0 unspecified atom stereocenters. The van der Waals surface area contributed by atoms with Crippen molar-refractivity contribution >= 4 is 17.8 Å². The fourth-order valence-electron chi connectivity index (χ4n) is 3.28. The number of carbonyl (C=O) groups is 3. The zero-order valence-corrected chi connectivity index (χ0v) is 13.7. The Bertz CT molecular complexity index is 450. The standard InChI is InChI=1S/C16H27N3O3/c1-10(2)8-13-15(21)19(16(22)18-13)9-14(20)17-12-7-5-4-6-11(12)3/h10-13H,4-9H2,1-3H3,(H,17,20)(H,18,22)/t11-,12-,13+/m1/s1. The molecule has 1 aliphatic carbocycles. The Morgan fingerprint density at radius 3 is 2.64 bits per heavy atom. The lowest BCUT2D eigenvalue weighted by Gasteiger charge is -2.29. The first-order valence-corrected chi connectivity index (χ1v) is 8.29. The molecule has 2 rings (SSSR count). The summed E-state index contributed by atoms with van der Waals surface area (Å²) in [6, 6.07) is -0.787. The maximum absolute atomic E-state index is 12.2. The van der Waals surface area contributed by atoms with E-state index >= 15 is 0 Å². The van der Waals surface area contributed by atoms with Crippen LogP contribution in [0.3, 0.4) is 0 Å². The molecule has 124 valence electrons. The number of carbonyl (C=O) groups excluding carboxylic acids is 3. The van der Waals surface area contributed by atoms with E-state index in [1.807, 2.05) is 13.8 Å². The first kappa shape index (κ1) is 16.8. The predicted molar refractivity (Wildman–Crippen MR) is 83.1 cm³/mol. The molecule has 0 bridgehead atoms. The second-order valence-corrected chi connectivity index (χ2v) is 6.99. The number of hydrogen-bond acceptors (Lipinski definition) is 3. The number of amides is 4. The highest BCUT2D eigenvalue weighted by atomic mass is 16.2. The topological polar surface area (TPSA) is 78.5 Å². The lowest BCUT2D eigenvalue weighted by Crippen LogP contribution is -2.47. The number of nitrogens with zero attached hydrogens (tertiary/aromatic N) is 1. The van der Waals surface area contributed by atoms with Gasteiger partial charge < -0.3 is 10.6 Å². The van der Waals surface area contributed by atoms with E-state index in [1.54, 1.807) is 0 Å². The molecule has 3 atom stereocenters. The van der Waals surface area contributed by atoms with Gasteiger partial charge in [-0.1, -0.05) is 33.6 Å². The molecule has 6 heteroatoms. The van der Waals surface area contributed by atoms with Gasteiger partial charge in [-0.15, -0.1) is 0 Å². The van der Waals surface area contributed by atoms with Crippen LogP contribution in [-0.2, 0) is 9.59 Å². The molecule has 0 aromatic carbocycles. The lowest BCUT2D eigenvalue weighted by molar-refractivity contribution is -0.132. The van der Waals surface area contributed by atoms with Crippen molar-refractivity contribution in [2.45, 2.75) is 65.0 Å². The summed E-state index contributed by atoms with van der Waals surface area (Å²) >= 11 is 0. The lowest BCUT2D eigenvalue weighted by atomic mass is 9.86. The van der Waals surface area contributed by atoms with Crippen molar-refractivity contribution in [2.75, 3.05) is 6.54 Å². The van der Waals surface area contributed by atoms with E-state index < -0.39 is 12.1 Å². The Labute approximate surface area is 132 Å². The van der Waals surface area contributed by atoms with E-state index in [0.717, 1.165) is 24.2 Å². The van der Waals surface area contributed by atoms with Gasteiger partial charge in [0.2, 0.25) is 5.91 Å². The molecule has 1 saturated carbocycles. The molecule has 6 nitrogen and oxygen atoms in total. The maximum atomic E-state index is 12.2. The van der Waals surface area contributed by atoms with E-state index in [1.165, 1.54) is 6.42 Å². The first-order valence-electron chi connectivity index (χ1n) is 8.29. The van der Waals surface area contributed by atoms with Crippen molar-refractivity contribution in [1.82, 2.24) is 15.5 Å². The Morgan fingerprint density at radius 2 is 2.00 bits per heavy atom. The van der Waals surface area contributed by atoms with Gasteiger partial charge in [-0.25, -0.2) is 4.79 Å². The fourth-order valence-corrected chi connectivity index (χ4v) is 3.28. The molecule has 0 aromatic rings. The van der Waals surface area contributed by atoms with Crippen LogP contribution < -0.4 is 10.6 Å². The summed E-state index contributed by atoms with van der Waals surface area (Å²) in [5.41, 5.74) is 0. The van der Waals surface area contributed by atoms with Gasteiger partial charge in [0, 0.05) is 6.04 Å². The van der Waals surface area contributed by atoms with Crippen LogP contribution in [0.15, 0.2) is 0 Å². The Balaban J connectivity index is 1.88. The summed E-state index contributed by atoms with van der Waals surface area (Å²) in [5.74, 6) is 0.235. The molecule has 1 saturated heterocycles. The third kappa shape index (κ3) is 3.99. The SMILES string of the molecule is CC(C)C[C@@H]1NC(=O)N(CC(=O)N[C@@H]2CCCC[C@H]2C)C1=O. The third-order valence-electron chi connectivity index (χ3n) is 4.57. The molecular weight excluding hydrogens is 282 g/mol. The molecule has 0 radical (unpaired) electrons. The molecule has 1 aliphatic heterocycles. The molecule has 4 amide bonds. The van der Waals surface area contributed by atoms with Crippen molar-refractivity contribution in [3.8, 4) is 0 Å². The van der Waals surface area contributed by atoms with Gasteiger partial charge in [0.05, 0.1) is 0 Å². The van der Waals surface area contributed by atoms with Gasteiger partial charge in [-0.3, -0.25) is 14.5 Å². The summed E-state index contributed by atoms with van der Waals surface area (Å²) in [5, 5.41) is 5.64. The number of rotatable bonds is 5. The smallest absolute Gasteiger partial charge is 0.325 e. The number of hydrogen-bond donors (Lipinski definition) is 2. The van der Waals surface area contributed by atoms with Crippen molar-refractivity contribution < 1.29 is 14.4 Å². The van der Waals surface area contributed by atoms with E-state index in [2.05, 4.69) is 17.6 Å². The molecule has 2 fully saturated rings. The zero-order valence-electron chi connectivity index (χ0n) is 13.7. The van der Waals surface area contributed by atoms with Crippen LogP contribution in [0.2, 0.25) is 0 Å². The average molecular weight is 309 g/mol. The summed E-state index contributed by atoms with van der Waals surface area (Å²) in [4.78, 5) is 37.3. The molecule has 2 N–H and O–H groups in total. The second-order valence-electron chi connectivity index (χ2n) is 6.99. The van der Waals surface area contributed by atoms with E-state index in [4.69, 9.17) is 0 Å². The summed E-state index contributed by atoms with van der Waals surface area (Å²) in [6.07, 6.45) is 5.02. The third-order valence-corrected chi connectivity index (χ3v) is 4.57. The van der Waals surface area contributed by atoms with Crippen LogP contribution in [0.5, 0.6) is 0 Å². The van der Waals surface area contributed by atoms with Gasteiger partial charge in [0.15, 0.2) is 0 Å². The first-order chi connectivity index (χ1) is 10.4. The van der Waals surface area contributed by atoms with E-state index in [9.17, 15) is 14.4 Å². The van der Waals surface area contributed by atoms with Gasteiger partial charge >= 0.3 is 6.03 Å². The summed E-state index contributed by atoms with van der Waals surface area (Å²) < 4.78 is 0. The Hall–Kier alpha value is -1.59. The monoisotopic (exact) mass is 309 g/mol. The van der Waals surface area contributed by atoms with Crippen LogP contribution >= 0.6 is 0 Å². The van der Waals surface area contributed by atoms with E-state index in [-0.39, 0.29) is 24.4 Å². The van der Waals surface area contributed by atoms with Gasteiger partial charge in [-0.2, -0.15) is 0 Å². The van der Waals surface area contributed by atoms with Crippen LogP contribution in [-0.4, -0.2) is 41.4 Å². The zero-order chi connectivity index (χ0) is 16.3.